The van der Waals surface area contributed by atoms with Crippen LogP contribution in [0.3, 0.4) is 0 Å². The van der Waals surface area contributed by atoms with Crippen LogP contribution in [0.1, 0.15) is 59.3 Å². The van der Waals surface area contributed by atoms with Gasteiger partial charge in [-0.15, -0.1) is 12.4 Å². The van der Waals surface area contributed by atoms with Crippen LogP contribution in [0.25, 0.3) is 5.57 Å². The van der Waals surface area contributed by atoms with E-state index in [9.17, 15) is 0 Å². The van der Waals surface area contributed by atoms with Gasteiger partial charge in [0, 0.05) is 12.3 Å². The van der Waals surface area contributed by atoms with Crippen LogP contribution in [0.5, 0.6) is 0 Å². The third-order valence-electron chi connectivity index (χ3n) is 5.33. The second-order valence-electron chi connectivity index (χ2n) is 7.03. The number of hydrogen-bond acceptors (Lipinski definition) is 2. The highest BCUT2D eigenvalue weighted by molar-refractivity contribution is 5.85. The summed E-state index contributed by atoms with van der Waals surface area (Å²) in [4.78, 5) is 4.98. The summed E-state index contributed by atoms with van der Waals surface area (Å²) in [6.07, 6.45) is 11.3. The first-order valence-electron chi connectivity index (χ1n) is 9.23. The fourth-order valence-corrected chi connectivity index (χ4v) is 4.03. The lowest BCUT2D eigenvalue weighted by molar-refractivity contribution is 0.299. The number of allylic oxidation sites excluding steroid dienone is 2. The molecule has 0 aliphatic heterocycles. The second-order valence-corrected chi connectivity index (χ2v) is 7.03. The Bertz CT molecular complexity index is 764. The van der Waals surface area contributed by atoms with E-state index in [4.69, 9.17) is 10.1 Å². The van der Waals surface area contributed by atoms with Crippen molar-refractivity contribution >= 4 is 18.0 Å². The number of halogens is 1. The number of hydrogen-bond donors (Lipinski definition) is 1. The van der Waals surface area contributed by atoms with Crippen LogP contribution in [0.2, 0.25) is 0 Å². The minimum absolute atomic E-state index is 0. The largest absolute Gasteiger partial charge is 0.396 e. The molecule has 0 amide bonds. The van der Waals surface area contributed by atoms with Crippen LogP contribution in [0, 0.1) is 0 Å². The Kier molecular flexibility index (Phi) is 5.93. The molecule has 132 valence electrons. The van der Waals surface area contributed by atoms with Gasteiger partial charge in [-0.2, -0.15) is 0 Å². The van der Waals surface area contributed by atoms with Crippen LogP contribution < -0.4 is 0 Å². The molecule has 2 aromatic rings. The van der Waals surface area contributed by atoms with Crippen LogP contribution in [-0.2, 0) is 25.7 Å². The number of fused-ring (bicyclic) bond motifs is 1. The first-order chi connectivity index (χ1) is 11.8. The molecule has 0 saturated carbocycles. The number of pyridine rings is 1. The lowest BCUT2D eigenvalue weighted by Crippen LogP contribution is -2.02. The fraction of sp³-hybridized carbons (Fsp3) is 0.409. The summed E-state index contributed by atoms with van der Waals surface area (Å²) in [6.45, 7) is 0.218. The molecule has 25 heavy (non-hydrogen) atoms. The summed E-state index contributed by atoms with van der Waals surface area (Å²) in [5.74, 6) is 0. The molecule has 0 unspecified atom stereocenters. The molecule has 1 aromatic carbocycles. The van der Waals surface area contributed by atoms with Crippen LogP contribution in [0.4, 0.5) is 0 Å². The third kappa shape index (κ3) is 3.96. The number of rotatable bonds is 5. The molecular weight excluding hydrogens is 330 g/mol. The van der Waals surface area contributed by atoms with Gasteiger partial charge in [0.2, 0.25) is 0 Å². The molecular formula is C22H26ClNO. The topological polar surface area (TPSA) is 33.1 Å². The molecule has 0 atom stereocenters. The molecule has 1 heterocycles. The standard InChI is InChI=1S/C22H25NO.ClH/c24-13-12-16-8-10-17(11-9-16)14-19-15-22(18-4-1-2-5-18)23-21-7-3-6-20(19)21;/h4,8-11,15,24H,1-3,5-7,12-14H2;1H. The van der Waals surface area contributed by atoms with Crippen molar-refractivity contribution in [1.82, 2.24) is 4.98 Å². The van der Waals surface area contributed by atoms with Crippen molar-refractivity contribution in [2.24, 2.45) is 0 Å². The zero-order chi connectivity index (χ0) is 16.4. The molecule has 1 N–H and O–H groups in total. The summed E-state index contributed by atoms with van der Waals surface area (Å²) in [7, 11) is 0. The van der Waals surface area contributed by atoms with E-state index in [1.54, 1.807) is 0 Å². The lowest BCUT2D eigenvalue weighted by atomic mass is 9.96. The van der Waals surface area contributed by atoms with Gasteiger partial charge in [-0.3, -0.25) is 4.98 Å². The van der Waals surface area contributed by atoms with E-state index in [0.717, 1.165) is 19.3 Å². The third-order valence-corrected chi connectivity index (χ3v) is 5.33. The van der Waals surface area contributed by atoms with Crippen LogP contribution in [-0.4, -0.2) is 16.7 Å². The highest BCUT2D eigenvalue weighted by atomic mass is 35.5. The predicted molar refractivity (Wildman–Crippen MR) is 105 cm³/mol. The molecule has 2 nitrogen and oxygen atoms in total. The number of aliphatic hydroxyl groups excluding tert-OH is 1. The molecule has 0 radical (unpaired) electrons. The monoisotopic (exact) mass is 355 g/mol. The first kappa shape index (κ1) is 18.2. The van der Waals surface area contributed by atoms with Crippen molar-refractivity contribution in [3.8, 4) is 0 Å². The lowest BCUT2D eigenvalue weighted by Gasteiger charge is -2.12. The minimum atomic E-state index is 0. The first-order valence-corrected chi connectivity index (χ1v) is 9.23. The maximum absolute atomic E-state index is 9.05. The van der Waals surface area contributed by atoms with Crippen molar-refractivity contribution < 1.29 is 5.11 Å². The summed E-state index contributed by atoms with van der Waals surface area (Å²) < 4.78 is 0. The predicted octanol–water partition coefficient (Wildman–Crippen LogP) is 4.69. The molecule has 0 bridgehead atoms. The Balaban J connectivity index is 0.00000182. The van der Waals surface area contributed by atoms with Gasteiger partial charge in [-0.1, -0.05) is 30.3 Å². The average Bonchev–Trinajstić information content (AvgIpc) is 3.28. The van der Waals surface area contributed by atoms with Gasteiger partial charge < -0.3 is 5.11 Å². The Morgan fingerprint density at radius 1 is 0.960 bits per heavy atom. The van der Waals surface area contributed by atoms with Gasteiger partial charge in [0.1, 0.15) is 0 Å². The zero-order valence-electron chi connectivity index (χ0n) is 14.6. The van der Waals surface area contributed by atoms with E-state index in [1.165, 1.54) is 71.3 Å². The van der Waals surface area contributed by atoms with Crippen molar-refractivity contribution in [3.63, 3.8) is 0 Å². The number of benzene rings is 1. The van der Waals surface area contributed by atoms with E-state index in [0.29, 0.717) is 0 Å². The van der Waals surface area contributed by atoms with E-state index >= 15 is 0 Å². The maximum atomic E-state index is 9.05. The summed E-state index contributed by atoms with van der Waals surface area (Å²) in [6, 6.07) is 11.1. The molecule has 0 spiro atoms. The normalized spacial score (nSPS) is 15.6. The number of nitrogens with zero attached hydrogens (tertiary/aromatic N) is 1. The number of aryl methyl sites for hydroxylation is 1. The van der Waals surface area contributed by atoms with Crippen molar-refractivity contribution in [2.45, 2.75) is 51.4 Å². The second kappa shape index (κ2) is 8.16. The molecule has 2 aliphatic rings. The smallest absolute Gasteiger partial charge is 0.0664 e. The summed E-state index contributed by atoms with van der Waals surface area (Å²) in [5.41, 5.74) is 9.53. The Labute approximate surface area is 156 Å². The van der Waals surface area contributed by atoms with Gasteiger partial charge in [0.05, 0.1) is 5.69 Å². The van der Waals surface area contributed by atoms with Gasteiger partial charge >= 0.3 is 0 Å². The molecule has 3 heteroatoms. The zero-order valence-corrected chi connectivity index (χ0v) is 15.4. The molecule has 2 aliphatic carbocycles. The summed E-state index contributed by atoms with van der Waals surface area (Å²) in [5, 5.41) is 9.05. The highest BCUT2D eigenvalue weighted by Gasteiger charge is 2.20. The summed E-state index contributed by atoms with van der Waals surface area (Å²) >= 11 is 0. The molecule has 0 saturated heterocycles. The van der Waals surface area contributed by atoms with E-state index in [1.807, 2.05) is 0 Å². The highest BCUT2D eigenvalue weighted by Crippen LogP contribution is 2.32. The minimum Gasteiger partial charge on any atom is -0.396 e. The number of aromatic nitrogens is 1. The van der Waals surface area contributed by atoms with E-state index in [-0.39, 0.29) is 19.0 Å². The van der Waals surface area contributed by atoms with Crippen molar-refractivity contribution in [2.75, 3.05) is 6.61 Å². The fourth-order valence-electron chi connectivity index (χ4n) is 4.03. The number of aliphatic hydroxyl groups is 1. The average molecular weight is 356 g/mol. The Hall–Kier alpha value is -1.64. The van der Waals surface area contributed by atoms with E-state index in [2.05, 4.69) is 36.4 Å². The van der Waals surface area contributed by atoms with Gasteiger partial charge in [-0.05, 0) is 85.3 Å². The Morgan fingerprint density at radius 2 is 1.76 bits per heavy atom. The SMILES string of the molecule is Cl.OCCc1ccc(Cc2cc(C3=CCCC3)nc3c2CCC3)cc1. The van der Waals surface area contributed by atoms with E-state index < -0.39 is 0 Å². The quantitative estimate of drug-likeness (QED) is 0.844. The van der Waals surface area contributed by atoms with Gasteiger partial charge in [-0.25, -0.2) is 0 Å². The van der Waals surface area contributed by atoms with Crippen LogP contribution in [0.15, 0.2) is 36.4 Å². The van der Waals surface area contributed by atoms with Crippen molar-refractivity contribution in [1.29, 1.82) is 0 Å². The molecule has 4 rings (SSSR count). The van der Waals surface area contributed by atoms with Crippen molar-refractivity contribution in [3.05, 3.63) is 70.0 Å². The maximum Gasteiger partial charge on any atom is 0.0664 e. The van der Waals surface area contributed by atoms with Gasteiger partial charge in [0.25, 0.3) is 0 Å². The van der Waals surface area contributed by atoms with Gasteiger partial charge in [0.15, 0.2) is 0 Å². The Morgan fingerprint density at radius 3 is 2.48 bits per heavy atom. The molecule has 1 aromatic heterocycles. The van der Waals surface area contributed by atoms with Crippen LogP contribution >= 0.6 is 12.4 Å². The molecule has 0 fully saturated rings.